The molecule has 0 aliphatic carbocycles. The number of aliphatic hydroxyl groups excluding tert-OH is 1. The SMILES string of the molecule is CCCCC(O)CC(=O)OC(C)CC(=O)O. The Morgan fingerprint density at radius 3 is 2.44 bits per heavy atom. The first kappa shape index (κ1) is 14.9. The van der Waals surface area contributed by atoms with Crippen molar-refractivity contribution in [1.29, 1.82) is 0 Å². The lowest BCUT2D eigenvalue weighted by Gasteiger charge is -2.13. The molecule has 16 heavy (non-hydrogen) atoms. The third-order valence-electron chi connectivity index (χ3n) is 2.09. The molecule has 0 saturated heterocycles. The molecule has 2 atom stereocenters. The maximum absolute atomic E-state index is 11.2. The third kappa shape index (κ3) is 8.23. The molecule has 0 aromatic heterocycles. The van der Waals surface area contributed by atoms with Crippen molar-refractivity contribution in [1.82, 2.24) is 0 Å². The van der Waals surface area contributed by atoms with E-state index in [4.69, 9.17) is 9.84 Å². The number of unbranched alkanes of at least 4 members (excludes halogenated alkanes) is 1. The van der Waals surface area contributed by atoms with Gasteiger partial charge in [-0.1, -0.05) is 19.8 Å². The summed E-state index contributed by atoms with van der Waals surface area (Å²) in [6, 6.07) is 0. The zero-order chi connectivity index (χ0) is 12.6. The molecule has 5 heteroatoms. The minimum Gasteiger partial charge on any atom is -0.481 e. The lowest BCUT2D eigenvalue weighted by Crippen LogP contribution is -2.22. The van der Waals surface area contributed by atoms with E-state index in [-0.39, 0.29) is 12.8 Å². The number of rotatable bonds is 8. The molecule has 2 N–H and O–H groups in total. The number of carboxylic acids is 1. The van der Waals surface area contributed by atoms with E-state index in [1.165, 1.54) is 6.92 Å². The molecule has 0 radical (unpaired) electrons. The first-order valence-corrected chi connectivity index (χ1v) is 5.55. The van der Waals surface area contributed by atoms with Crippen LogP contribution in [0.2, 0.25) is 0 Å². The molecule has 94 valence electrons. The second kappa shape index (κ2) is 8.10. The largest absolute Gasteiger partial charge is 0.481 e. The van der Waals surface area contributed by atoms with Crippen LogP contribution in [-0.2, 0) is 14.3 Å². The van der Waals surface area contributed by atoms with Crippen LogP contribution in [-0.4, -0.2) is 34.4 Å². The Bertz CT molecular complexity index is 226. The molecule has 0 aromatic carbocycles. The Hall–Kier alpha value is -1.10. The fraction of sp³-hybridized carbons (Fsp3) is 0.818. The summed E-state index contributed by atoms with van der Waals surface area (Å²) in [5, 5.41) is 17.9. The van der Waals surface area contributed by atoms with Crippen molar-refractivity contribution in [2.24, 2.45) is 0 Å². The summed E-state index contributed by atoms with van der Waals surface area (Å²) in [5.41, 5.74) is 0. The van der Waals surface area contributed by atoms with Crippen LogP contribution >= 0.6 is 0 Å². The van der Waals surface area contributed by atoms with Crippen LogP contribution in [0.3, 0.4) is 0 Å². The first-order valence-electron chi connectivity index (χ1n) is 5.55. The molecule has 0 spiro atoms. The van der Waals surface area contributed by atoms with Crippen LogP contribution in [0.25, 0.3) is 0 Å². The van der Waals surface area contributed by atoms with Gasteiger partial charge < -0.3 is 14.9 Å². The Kier molecular flexibility index (Phi) is 7.54. The maximum Gasteiger partial charge on any atom is 0.308 e. The normalized spacial score (nSPS) is 14.2. The van der Waals surface area contributed by atoms with Gasteiger partial charge in [-0.15, -0.1) is 0 Å². The zero-order valence-corrected chi connectivity index (χ0v) is 9.81. The fourth-order valence-electron chi connectivity index (χ4n) is 1.29. The highest BCUT2D eigenvalue weighted by Crippen LogP contribution is 2.07. The van der Waals surface area contributed by atoms with Gasteiger partial charge in [-0.2, -0.15) is 0 Å². The molecular weight excluding hydrogens is 212 g/mol. The van der Waals surface area contributed by atoms with E-state index in [1.807, 2.05) is 6.92 Å². The zero-order valence-electron chi connectivity index (χ0n) is 9.81. The van der Waals surface area contributed by atoms with E-state index >= 15 is 0 Å². The number of esters is 1. The summed E-state index contributed by atoms with van der Waals surface area (Å²) in [7, 11) is 0. The fourth-order valence-corrected chi connectivity index (χ4v) is 1.29. The molecule has 2 unspecified atom stereocenters. The average molecular weight is 232 g/mol. The maximum atomic E-state index is 11.2. The summed E-state index contributed by atoms with van der Waals surface area (Å²) in [6.07, 6.45) is 0.771. The molecule has 5 nitrogen and oxygen atoms in total. The van der Waals surface area contributed by atoms with Crippen LogP contribution < -0.4 is 0 Å². The molecule has 0 aromatic rings. The second-order valence-corrected chi connectivity index (χ2v) is 3.90. The number of carboxylic acid groups (broad SMARTS) is 1. The highest BCUT2D eigenvalue weighted by atomic mass is 16.5. The van der Waals surface area contributed by atoms with Gasteiger partial charge in [0, 0.05) is 0 Å². The van der Waals surface area contributed by atoms with E-state index in [0.29, 0.717) is 6.42 Å². The van der Waals surface area contributed by atoms with Crippen molar-refractivity contribution >= 4 is 11.9 Å². The van der Waals surface area contributed by atoms with E-state index in [2.05, 4.69) is 0 Å². The van der Waals surface area contributed by atoms with Gasteiger partial charge in [0.2, 0.25) is 0 Å². The Balaban J connectivity index is 3.76. The van der Waals surface area contributed by atoms with Crippen molar-refractivity contribution in [3.8, 4) is 0 Å². The summed E-state index contributed by atoms with van der Waals surface area (Å²) in [4.78, 5) is 21.5. The van der Waals surface area contributed by atoms with Gasteiger partial charge in [-0.05, 0) is 13.3 Å². The quantitative estimate of drug-likeness (QED) is 0.617. The van der Waals surface area contributed by atoms with Gasteiger partial charge in [-0.25, -0.2) is 0 Å². The molecule has 0 aliphatic rings. The van der Waals surface area contributed by atoms with Crippen LogP contribution in [0.15, 0.2) is 0 Å². The number of hydrogen-bond acceptors (Lipinski definition) is 4. The van der Waals surface area contributed by atoms with Crippen molar-refractivity contribution in [3.63, 3.8) is 0 Å². The highest BCUT2D eigenvalue weighted by molar-refractivity contribution is 5.71. The minimum absolute atomic E-state index is 0.0655. The Morgan fingerprint density at radius 2 is 1.94 bits per heavy atom. The number of aliphatic hydroxyl groups is 1. The molecule has 0 bridgehead atoms. The summed E-state index contributed by atoms with van der Waals surface area (Å²) >= 11 is 0. The number of carbonyl (C=O) groups is 2. The van der Waals surface area contributed by atoms with E-state index in [9.17, 15) is 14.7 Å². The van der Waals surface area contributed by atoms with E-state index in [0.717, 1.165) is 12.8 Å². The van der Waals surface area contributed by atoms with E-state index < -0.39 is 24.1 Å². The Morgan fingerprint density at radius 1 is 1.31 bits per heavy atom. The lowest BCUT2D eigenvalue weighted by atomic mass is 10.1. The highest BCUT2D eigenvalue weighted by Gasteiger charge is 2.16. The molecule has 0 amide bonds. The average Bonchev–Trinajstić information content (AvgIpc) is 2.12. The van der Waals surface area contributed by atoms with Gasteiger partial charge >= 0.3 is 11.9 Å². The number of hydrogen-bond donors (Lipinski definition) is 2. The van der Waals surface area contributed by atoms with Crippen LogP contribution in [0.5, 0.6) is 0 Å². The molecule has 0 heterocycles. The third-order valence-corrected chi connectivity index (χ3v) is 2.09. The van der Waals surface area contributed by atoms with Crippen molar-refractivity contribution in [2.75, 3.05) is 0 Å². The monoisotopic (exact) mass is 232 g/mol. The van der Waals surface area contributed by atoms with Crippen LogP contribution in [0.4, 0.5) is 0 Å². The number of aliphatic carboxylic acids is 1. The predicted molar refractivity (Wildman–Crippen MR) is 58.0 cm³/mol. The molecule has 0 aliphatic heterocycles. The molecule has 0 rings (SSSR count). The topological polar surface area (TPSA) is 83.8 Å². The summed E-state index contributed by atoms with van der Waals surface area (Å²) in [6.45, 7) is 3.52. The standard InChI is InChI=1S/C11H20O5/c1-3-4-5-9(12)7-11(15)16-8(2)6-10(13)14/h8-9,12H,3-7H2,1-2H3,(H,13,14). The van der Waals surface area contributed by atoms with E-state index in [1.54, 1.807) is 0 Å². The van der Waals surface area contributed by atoms with Gasteiger partial charge in [0.25, 0.3) is 0 Å². The van der Waals surface area contributed by atoms with Crippen molar-refractivity contribution < 1.29 is 24.5 Å². The minimum atomic E-state index is -1.01. The molecular formula is C11H20O5. The number of ether oxygens (including phenoxy) is 1. The van der Waals surface area contributed by atoms with Crippen LogP contribution in [0, 0.1) is 0 Å². The Labute approximate surface area is 95.4 Å². The number of carbonyl (C=O) groups excluding carboxylic acids is 1. The van der Waals surface area contributed by atoms with Crippen molar-refractivity contribution in [3.05, 3.63) is 0 Å². The smallest absolute Gasteiger partial charge is 0.308 e. The van der Waals surface area contributed by atoms with Gasteiger partial charge in [-0.3, -0.25) is 9.59 Å². The van der Waals surface area contributed by atoms with Crippen LogP contribution in [0.1, 0.15) is 46.0 Å². The summed E-state index contributed by atoms with van der Waals surface area (Å²) < 4.78 is 4.83. The molecule has 0 fully saturated rings. The molecule has 0 saturated carbocycles. The first-order chi connectivity index (χ1) is 7.45. The van der Waals surface area contributed by atoms with Crippen molar-refractivity contribution in [2.45, 2.75) is 58.2 Å². The second-order valence-electron chi connectivity index (χ2n) is 3.90. The van der Waals surface area contributed by atoms with Gasteiger partial charge in [0.1, 0.15) is 6.10 Å². The van der Waals surface area contributed by atoms with Gasteiger partial charge in [0.15, 0.2) is 0 Å². The summed E-state index contributed by atoms with van der Waals surface area (Å²) in [5.74, 6) is -1.55. The lowest BCUT2D eigenvalue weighted by molar-refractivity contribution is -0.153. The van der Waals surface area contributed by atoms with Gasteiger partial charge in [0.05, 0.1) is 18.9 Å². The predicted octanol–water partition coefficient (Wildman–Crippen LogP) is 1.33.